The van der Waals surface area contributed by atoms with E-state index in [1.54, 1.807) is 34.6 Å². The number of carboxylic acids is 4. The zero-order valence-corrected chi connectivity index (χ0v) is 64.9. The second kappa shape index (κ2) is 49.4. The third kappa shape index (κ3) is 34.5. The second-order valence-electron chi connectivity index (χ2n) is 29.0. The Morgan fingerprint density at radius 2 is 0.825 bits per heavy atom. The fraction of sp³-hybridized carbons (Fsp3) is 0.608. The zero-order valence-electron chi connectivity index (χ0n) is 64.9. The molecule has 13 amide bonds. The predicted molar refractivity (Wildman–Crippen MR) is 406 cm³/mol. The summed E-state index contributed by atoms with van der Waals surface area (Å²) in [5, 5.41) is 96.6. The van der Waals surface area contributed by atoms with E-state index < -0.39 is 236 Å². The Bertz CT molecular complexity index is 3620. The number of nitrogens with zero attached hydrogens (tertiary/aromatic N) is 1. The molecule has 114 heavy (non-hydrogen) atoms. The number of amides is 13. The number of nitrogens with two attached hydrogens (primary N) is 4. The summed E-state index contributed by atoms with van der Waals surface area (Å²) in [7, 11) is 0. The van der Waals surface area contributed by atoms with Gasteiger partial charge in [-0.05, 0) is 143 Å². The third-order valence-corrected chi connectivity index (χ3v) is 18.6. The number of nitrogens with one attached hydrogen (secondary N) is 11. The van der Waals surface area contributed by atoms with Crippen LogP contribution in [-0.4, -0.2) is 246 Å². The molecule has 1 aliphatic heterocycles. The molecular formula is C74H114N16O24. The first-order chi connectivity index (χ1) is 53.7. The number of hydrogen-bond acceptors (Lipinski definition) is 23. The molecule has 0 aromatic heterocycles. The highest BCUT2D eigenvalue weighted by Gasteiger charge is 2.42. The number of aliphatic carboxylic acids is 4. The molecule has 40 heteroatoms. The highest BCUT2D eigenvalue weighted by Crippen LogP contribution is 2.23. The lowest BCUT2D eigenvalue weighted by Crippen LogP contribution is -2.62. The summed E-state index contributed by atoms with van der Waals surface area (Å²) in [6.45, 7) is 8.86. The van der Waals surface area contributed by atoms with Gasteiger partial charge in [-0.25, -0.2) is 4.79 Å². The van der Waals surface area contributed by atoms with Crippen molar-refractivity contribution in [2.24, 2.45) is 40.7 Å². The zero-order chi connectivity index (χ0) is 85.6. The predicted octanol–water partition coefficient (Wildman–Crippen LogP) is -3.91. The van der Waals surface area contributed by atoms with Gasteiger partial charge in [0.25, 0.3) is 0 Å². The van der Waals surface area contributed by atoms with Crippen molar-refractivity contribution < 1.29 is 117 Å². The molecule has 14 atom stereocenters. The molecule has 0 aliphatic carbocycles. The Kier molecular flexibility index (Phi) is 42.1. The maximum absolute atomic E-state index is 14.7. The van der Waals surface area contributed by atoms with Gasteiger partial charge >= 0.3 is 23.9 Å². The lowest BCUT2D eigenvalue weighted by molar-refractivity contribution is -0.144. The number of phenols is 2. The molecule has 2 aromatic carbocycles. The second-order valence-corrected chi connectivity index (χ2v) is 29.0. The number of phenolic OH excluding ortho intramolecular Hbond substituents is 2. The van der Waals surface area contributed by atoms with Crippen LogP contribution in [-0.2, 0) is 94.3 Å². The highest BCUT2D eigenvalue weighted by molar-refractivity contribution is 6.01. The number of benzene rings is 2. The number of aromatic hydroxyl groups is 2. The lowest BCUT2D eigenvalue weighted by Gasteiger charge is -2.31. The van der Waals surface area contributed by atoms with Crippen molar-refractivity contribution >= 4 is 101 Å². The maximum atomic E-state index is 14.7. The van der Waals surface area contributed by atoms with E-state index in [4.69, 9.17) is 22.9 Å². The minimum absolute atomic E-state index is 0.0234. The van der Waals surface area contributed by atoms with Crippen molar-refractivity contribution in [1.29, 1.82) is 0 Å². The van der Waals surface area contributed by atoms with Crippen LogP contribution in [0, 0.1) is 17.8 Å². The molecule has 0 unspecified atom stereocenters. The molecular weight excluding hydrogens is 1500 g/mol. The summed E-state index contributed by atoms with van der Waals surface area (Å²) in [5.74, 6) is -21.1. The molecule has 3 rings (SSSR count). The van der Waals surface area contributed by atoms with Crippen molar-refractivity contribution in [3.8, 4) is 11.5 Å². The molecule has 0 bridgehead atoms. The number of carboxylic acid groups (broad SMARTS) is 4. The Balaban J connectivity index is 1.91. The van der Waals surface area contributed by atoms with Crippen LogP contribution in [0.4, 0.5) is 0 Å². The number of rotatable bonds is 53. The van der Waals surface area contributed by atoms with Gasteiger partial charge in [0.1, 0.15) is 84.0 Å². The molecule has 26 N–H and O–H groups in total. The molecule has 634 valence electrons. The van der Waals surface area contributed by atoms with Crippen molar-refractivity contribution in [2.75, 3.05) is 26.2 Å². The van der Waals surface area contributed by atoms with E-state index in [9.17, 15) is 117 Å². The molecule has 0 saturated carbocycles. The molecule has 1 aliphatic rings. The van der Waals surface area contributed by atoms with Crippen LogP contribution in [0.2, 0.25) is 0 Å². The standard InChI is InChI=1S/C74H114N16O24/c1-7-40(6)61(72(111)82-47(14-9-11-29-76)64(103)79-46(13-8-10-28-75)63(102)80-48(24-26-58(95)96)65(104)87-54(74(113)114)34-42-18-22-44(93)23-19-42)89-66(105)49(25-27-59(97)98)81-70(109)55(37-91)88-68(107)51(32-39(4)5)84-69(108)52(36-60(99)100)85-71(110)56-15-12-30-90(56)73(112)53(33-41-16-20-43(92)21-17-41)86-67(106)50(31-38(2)3)83-62(101)45(77)35-57(78)94/h16-23,38-40,45-56,61,91-93H,7-15,24-37,75-77H2,1-6H3,(H2,78,94)(H,79,103)(H,80,102)(H,81,109)(H,82,111)(H,83,101)(H,84,108)(H,85,110)(H,86,106)(H,87,104)(H,88,107)(H,89,105)(H,95,96)(H,97,98)(H,99,100)(H,113,114)/t40-,45-,46-,47-,48-,49-,50-,51-,52-,53-,54-,55-,56-,61-/m0/s1. The first-order valence-electron chi connectivity index (χ1n) is 37.9. The monoisotopic (exact) mass is 1610 g/mol. The van der Waals surface area contributed by atoms with Gasteiger partial charge in [0, 0.05) is 32.2 Å². The fourth-order valence-corrected chi connectivity index (χ4v) is 12.2. The van der Waals surface area contributed by atoms with E-state index in [-0.39, 0.29) is 108 Å². The van der Waals surface area contributed by atoms with Crippen LogP contribution in [0.1, 0.15) is 162 Å². The van der Waals surface area contributed by atoms with Crippen molar-refractivity contribution in [3.63, 3.8) is 0 Å². The quantitative estimate of drug-likeness (QED) is 0.0281. The van der Waals surface area contributed by atoms with E-state index in [1.807, 2.05) is 0 Å². The van der Waals surface area contributed by atoms with Crippen LogP contribution in [0.25, 0.3) is 0 Å². The van der Waals surface area contributed by atoms with Crippen LogP contribution >= 0.6 is 0 Å². The Morgan fingerprint density at radius 1 is 0.447 bits per heavy atom. The van der Waals surface area contributed by atoms with Crippen molar-refractivity contribution in [2.45, 2.75) is 242 Å². The molecule has 2 aromatic rings. The molecule has 1 fully saturated rings. The number of likely N-dealkylation sites (tertiary alicyclic amines) is 1. The van der Waals surface area contributed by atoms with Crippen LogP contribution in [0.15, 0.2) is 48.5 Å². The molecule has 40 nitrogen and oxygen atoms in total. The summed E-state index contributed by atoms with van der Waals surface area (Å²) in [5.41, 5.74) is 23.4. The first-order valence-corrected chi connectivity index (χ1v) is 37.9. The van der Waals surface area contributed by atoms with E-state index in [0.717, 1.165) is 4.90 Å². The maximum Gasteiger partial charge on any atom is 0.326 e. The Hall–Kier alpha value is -11.1. The summed E-state index contributed by atoms with van der Waals surface area (Å²) < 4.78 is 0. The van der Waals surface area contributed by atoms with E-state index in [1.165, 1.54) is 55.5 Å². The first kappa shape index (κ1) is 97.1. The van der Waals surface area contributed by atoms with Gasteiger partial charge in [-0.3, -0.25) is 76.7 Å². The smallest absolute Gasteiger partial charge is 0.326 e. The van der Waals surface area contributed by atoms with Gasteiger partial charge in [0.05, 0.1) is 25.5 Å². The van der Waals surface area contributed by atoms with Crippen molar-refractivity contribution in [1.82, 2.24) is 63.4 Å². The molecule has 0 radical (unpaired) electrons. The number of unbranched alkanes of at least 4 members (excludes halogenated alkanes) is 2. The van der Waals surface area contributed by atoms with Gasteiger partial charge in [-0.2, -0.15) is 0 Å². The fourth-order valence-electron chi connectivity index (χ4n) is 12.2. The van der Waals surface area contributed by atoms with Gasteiger partial charge in [-0.15, -0.1) is 0 Å². The Morgan fingerprint density at radius 3 is 1.24 bits per heavy atom. The van der Waals surface area contributed by atoms with Crippen LogP contribution in [0.5, 0.6) is 11.5 Å². The normalized spacial score (nSPS) is 16.0. The average molecular weight is 1610 g/mol. The van der Waals surface area contributed by atoms with E-state index in [2.05, 4.69) is 58.5 Å². The largest absolute Gasteiger partial charge is 0.508 e. The highest BCUT2D eigenvalue weighted by atomic mass is 16.4. The number of aliphatic hydroxyl groups excluding tert-OH is 1. The van der Waals surface area contributed by atoms with Crippen LogP contribution < -0.4 is 81.4 Å². The van der Waals surface area contributed by atoms with E-state index >= 15 is 0 Å². The minimum Gasteiger partial charge on any atom is -0.508 e. The van der Waals surface area contributed by atoms with Gasteiger partial charge in [0.2, 0.25) is 76.8 Å². The summed E-state index contributed by atoms with van der Waals surface area (Å²) in [6, 6.07) is -9.94. The van der Waals surface area contributed by atoms with Gasteiger partial charge in [0.15, 0.2) is 0 Å². The van der Waals surface area contributed by atoms with Crippen LogP contribution in [0.3, 0.4) is 0 Å². The Labute approximate surface area is 659 Å². The molecule has 1 saturated heterocycles. The SMILES string of the molecule is CC[C@H](C)[C@H](NC(=O)[C@H](CCC(=O)O)NC(=O)[C@H](CO)NC(=O)[C@H](CC(C)C)NC(=O)[C@H](CC(=O)O)NC(=O)[C@@H]1CCCN1C(=O)[C@H](Cc1ccc(O)cc1)NC(=O)[C@H](CC(C)C)NC(=O)[C@@H](N)CC(N)=O)C(=O)N[C@@H](CCCCN)C(=O)N[C@@H](CCCCN)C(=O)N[C@@H](CCC(=O)O)C(=O)N[C@@H](Cc1ccc(O)cc1)C(=O)O. The summed E-state index contributed by atoms with van der Waals surface area (Å²) in [4.78, 5) is 231. The number of hydrogen-bond donors (Lipinski definition) is 22. The van der Waals surface area contributed by atoms with Gasteiger partial charge < -0.3 is 122 Å². The van der Waals surface area contributed by atoms with Crippen molar-refractivity contribution in [3.05, 3.63) is 59.7 Å². The van der Waals surface area contributed by atoms with Gasteiger partial charge in [-0.1, -0.05) is 72.2 Å². The van der Waals surface area contributed by atoms with E-state index in [0.29, 0.717) is 24.0 Å². The topological polar surface area (TPSA) is 671 Å². The molecule has 1 heterocycles. The summed E-state index contributed by atoms with van der Waals surface area (Å²) in [6.07, 6.45) is -4.00. The minimum atomic E-state index is -1.99. The number of carbonyl (C=O) groups excluding carboxylic acids is 13. The average Bonchev–Trinajstić information content (AvgIpc) is 1.61. The number of aliphatic hydroxyl groups is 1. The lowest BCUT2D eigenvalue weighted by atomic mass is 9.96. The molecule has 0 spiro atoms. The summed E-state index contributed by atoms with van der Waals surface area (Å²) >= 11 is 0. The third-order valence-electron chi connectivity index (χ3n) is 18.6. The number of carbonyl (C=O) groups is 17. The number of primary amides is 1.